The Morgan fingerprint density at radius 2 is 2.00 bits per heavy atom. The van der Waals surface area contributed by atoms with E-state index >= 15 is 0 Å². The van der Waals surface area contributed by atoms with Gasteiger partial charge < -0.3 is 19.9 Å². The van der Waals surface area contributed by atoms with E-state index < -0.39 is 0 Å². The summed E-state index contributed by atoms with van der Waals surface area (Å²) in [6.07, 6.45) is 2.35. The molecule has 0 aromatic carbocycles. The van der Waals surface area contributed by atoms with E-state index in [-0.39, 0.29) is 12.0 Å². The fourth-order valence-corrected chi connectivity index (χ4v) is 1.65. The fraction of sp³-hybridized carbons (Fsp3) is 0.917. The highest BCUT2D eigenvalue weighted by Crippen LogP contribution is 2.19. The quantitative estimate of drug-likeness (QED) is 0.597. The topological polar surface area (TPSA) is 44.8 Å². The number of nitrogens with one attached hydrogen (secondary N) is 1. The Hall–Kier alpha value is -0.650. The Balaban J connectivity index is 2.32. The van der Waals surface area contributed by atoms with Gasteiger partial charge in [-0.25, -0.2) is 0 Å². The van der Waals surface area contributed by atoms with Crippen LogP contribution in [0.3, 0.4) is 0 Å². The minimum Gasteiger partial charge on any atom is -0.468 e. The number of nitrogens with zero attached hydrogens (tertiary/aromatic N) is 2. The lowest BCUT2D eigenvalue weighted by Gasteiger charge is -2.24. The summed E-state index contributed by atoms with van der Waals surface area (Å²) >= 11 is 0. The number of carbonyl (C=O) groups excluding carboxylic acids is 1. The van der Waals surface area contributed by atoms with Crippen LogP contribution in [0.15, 0.2) is 0 Å². The molecule has 0 spiro atoms. The number of ether oxygens (including phenoxy) is 1. The molecule has 0 aliphatic heterocycles. The van der Waals surface area contributed by atoms with Gasteiger partial charge in [-0.3, -0.25) is 4.79 Å². The second kappa shape index (κ2) is 6.93. The van der Waals surface area contributed by atoms with E-state index in [1.165, 1.54) is 20.0 Å². The van der Waals surface area contributed by atoms with Gasteiger partial charge in [0, 0.05) is 25.7 Å². The van der Waals surface area contributed by atoms with E-state index in [2.05, 4.69) is 15.1 Å². The third kappa shape index (κ3) is 6.00. The molecule has 0 bridgehead atoms. The Morgan fingerprint density at radius 3 is 2.47 bits per heavy atom. The fourth-order valence-electron chi connectivity index (χ4n) is 1.65. The molecule has 0 aromatic heterocycles. The zero-order valence-corrected chi connectivity index (χ0v) is 11.4. The monoisotopic (exact) mass is 243 g/mol. The molecule has 1 aliphatic rings. The molecule has 1 saturated carbocycles. The molecule has 1 aliphatic carbocycles. The Morgan fingerprint density at radius 1 is 1.35 bits per heavy atom. The maximum atomic E-state index is 11.6. The van der Waals surface area contributed by atoms with Crippen LogP contribution in [0, 0.1) is 0 Å². The molecule has 1 fully saturated rings. The summed E-state index contributed by atoms with van der Waals surface area (Å²) in [4.78, 5) is 15.9. The molecular weight excluding hydrogens is 218 g/mol. The van der Waals surface area contributed by atoms with Crippen LogP contribution in [0.25, 0.3) is 0 Å². The zero-order valence-electron chi connectivity index (χ0n) is 11.4. The van der Waals surface area contributed by atoms with Crippen molar-refractivity contribution in [3.05, 3.63) is 0 Å². The van der Waals surface area contributed by atoms with Crippen molar-refractivity contribution in [2.45, 2.75) is 24.9 Å². The molecule has 1 N–H and O–H groups in total. The van der Waals surface area contributed by atoms with Crippen LogP contribution in [-0.2, 0) is 9.53 Å². The standard InChI is InChI=1S/C12H25N3O2/c1-14(2)7-8-15(3)9-11(12(16)17-4)13-10-5-6-10/h10-11,13H,5-9H2,1-4H3. The normalized spacial score (nSPS) is 17.5. The third-order valence-corrected chi connectivity index (χ3v) is 2.92. The van der Waals surface area contributed by atoms with E-state index in [4.69, 9.17) is 4.74 Å². The van der Waals surface area contributed by atoms with Gasteiger partial charge in [-0.1, -0.05) is 0 Å². The van der Waals surface area contributed by atoms with Gasteiger partial charge in [0.05, 0.1) is 7.11 Å². The lowest BCUT2D eigenvalue weighted by molar-refractivity contribution is -0.143. The highest BCUT2D eigenvalue weighted by atomic mass is 16.5. The van der Waals surface area contributed by atoms with Crippen LogP contribution < -0.4 is 5.32 Å². The van der Waals surface area contributed by atoms with E-state index in [0.717, 1.165) is 13.1 Å². The molecule has 0 saturated heterocycles. The largest absolute Gasteiger partial charge is 0.468 e. The van der Waals surface area contributed by atoms with Crippen LogP contribution in [0.2, 0.25) is 0 Å². The maximum Gasteiger partial charge on any atom is 0.324 e. The molecule has 1 rings (SSSR count). The molecule has 100 valence electrons. The molecule has 0 amide bonds. The summed E-state index contributed by atoms with van der Waals surface area (Å²) in [6, 6.07) is 0.320. The van der Waals surface area contributed by atoms with Crippen molar-refractivity contribution in [3.63, 3.8) is 0 Å². The van der Waals surface area contributed by atoms with Crippen molar-refractivity contribution in [1.82, 2.24) is 15.1 Å². The lowest BCUT2D eigenvalue weighted by atomic mass is 10.2. The summed E-state index contributed by atoms with van der Waals surface area (Å²) in [5.41, 5.74) is 0. The first kappa shape index (κ1) is 14.4. The van der Waals surface area contributed by atoms with Crippen molar-refractivity contribution < 1.29 is 9.53 Å². The van der Waals surface area contributed by atoms with Gasteiger partial charge in [-0.15, -0.1) is 0 Å². The average Bonchev–Trinajstić information content (AvgIpc) is 3.08. The summed E-state index contributed by atoms with van der Waals surface area (Å²) in [7, 11) is 7.58. The summed E-state index contributed by atoms with van der Waals surface area (Å²) in [5.74, 6) is -0.159. The number of hydrogen-bond acceptors (Lipinski definition) is 5. The predicted octanol–water partition coefficient (Wildman–Crippen LogP) is -0.227. The molecule has 1 atom stereocenters. The van der Waals surface area contributed by atoms with Gasteiger partial charge in [0.15, 0.2) is 0 Å². The van der Waals surface area contributed by atoms with Crippen LogP contribution in [-0.4, -0.2) is 75.7 Å². The van der Waals surface area contributed by atoms with Crippen LogP contribution in [0.1, 0.15) is 12.8 Å². The number of esters is 1. The molecule has 5 nitrogen and oxygen atoms in total. The van der Waals surface area contributed by atoms with Crippen molar-refractivity contribution in [3.8, 4) is 0 Å². The van der Waals surface area contributed by atoms with E-state index in [0.29, 0.717) is 12.6 Å². The highest BCUT2D eigenvalue weighted by Gasteiger charge is 2.29. The molecule has 0 aromatic rings. The van der Waals surface area contributed by atoms with Crippen molar-refractivity contribution >= 4 is 5.97 Å². The van der Waals surface area contributed by atoms with Gasteiger partial charge in [0.25, 0.3) is 0 Å². The van der Waals surface area contributed by atoms with Crippen LogP contribution >= 0.6 is 0 Å². The first-order valence-corrected chi connectivity index (χ1v) is 6.20. The van der Waals surface area contributed by atoms with Gasteiger partial charge >= 0.3 is 5.97 Å². The lowest BCUT2D eigenvalue weighted by Crippen LogP contribution is -2.47. The minimum absolute atomic E-state index is 0.159. The minimum atomic E-state index is -0.195. The average molecular weight is 243 g/mol. The number of likely N-dealkylation sites (N-methyl/N-ethyl adjacent to an activating group) is 2. The number of hydrogen-bond donors (Lipinski definition) is 1. The molecule has 0 heterocycles. The Bertz CT molecular complexity index is 242. The number of methoxy groups -OCH3 is 1. The Labute approximate surface area is 104 Å². The zero-order chi connectivity index (χ0) is 12.8. The first-order chi connectivity index (χ1) is 8.02. The SMILES string of the molecule is COC(=O)C(CN(C)CCN(C)C)NC1CC1. The van der Waals surface area contributed by atoms with Gasteiger partial charge in [-0.05, 0) is 34.0 Å². The molecule has 0 radical (unpaired) electrons. The summed E-state index contributed by atoms with van der Waals surface area (Å²) in [5, 5.41) is 3.33. The second-order valence-corrected chi connectivity index (χ2v) is 5.08. The predicted molar refractivity (Wildman–Crippen MR) is 68.0 cm³/mol. The number of rotatable bonds is 8. The summed E-state index contributed by atoms with van der Waals surface area (Å²) < 4.78 is 4.83. The van der Waals surface area contributed by atoms with E-state index in [1.807, 2.05) is 21.1 Å². The van der Waals surface area contributed by atoms with Crippen molar-refractivity contribution in [2.75, 3.05) is 47.9 Å². The van der Waals surface area contributed by atoms with Crippen molar-refractivity contribution in [2.24, 2.45) is 0 Å². The molecule has 5 heteroatoms. The third-order valence-electron chi connectivity index (χ3n) is 2.92. The number of carbonyl (C=O) groups is 1. The van der Waals surface area contributed by atoms with Crippen LogP contribution in [0.4, 0.5) is 0 Å². The van der Waals surface area contributed by atoms with Gasteiger partial charge in [0.1, 0.15) is 6.04 Å². The van der Waals surface area contributed by atoms with Crippen molar-refractivity contribution in [1.29, 1.82) is 0 Å². The van der Waals surface area contributed by atoms with E-state index in [9.17, 15) is 4.79 Å². The smallest absolute Gasteiger partial charge is 0.324 e. The van der Waals surface area contributed by atoms with E-state index in [1.54, 1.807) is 0 Å². The molecular formula is C12H25N3O2. The Kier molecular flexibility index (Phi) is 5.88. The summed E-state index contributed by atoms with van der Waals surface area (Å²) in [6.45, 7) is 2.65. The first-order valence-electron chi connectivity index (χ1n) is 6.20. The highest BCUT2D eigenvalue weighted by molar-refractivity contribution is 5.76. The van der Waals surface area contributed by atoms with Gasteiger partial charge in [0.2, 0.25) is 0 Å². The maximum absolute atomic E-state index is 11.6. The van der Waals surface area contributed by atoms with Gasteiger partial charge in [-0.2, -0.15) is 0 Å². The molecule has 1 unspecified atom stereocenters. The van der Waals surface area contributed by atoms with Crippen LogP contribution in [0.5, 0.6) is 0 Å². The second-order valence-electron chi connectivity index (χ2n) is 5.08. The molecule has 17 heavy (non-hydrogen) atoms.